The number of para-hydroxylation sites is 1. The van der Waals surface area contributed by atoms with Crippen molar-refractivity contribution in [3.05, 3.63) is 69.7 Å². The fraction of sp³-hybridized carbons (Fsp3) is 0. The molecule has 0 amide bonds. The van der Waals surface area contributed by atoms with Crippen LogP contribution in [0.3, 0.4) is 0 Å². The molecule has 0 unspecified atom stereocenters. The maximum absolute atomic E-state index is 12.9. The quantitative estimate of drug-likeness (QED) is 0.306. The van der Waals surface area contributed by atoms with Crippen LogP contribution in [0.5, 0.6) is 0 Å². The van der Waals surface area contributed by atoms with E-state index in [1.807, 2.05) is 24.3 Å². The fourth-order valence-electron chi connectivity index (χ4n) is 3.21. The molecule has 0 radical (unpaired) electrons. The van der Waals surface area contributed by atoms with E-state index >= 15 is 0 Å². The zero-order chi connectivity index (χ0) is 16.4. The number of fused-ring (bicyclic) bond motifs is 6. The van der Waals surface area contributed by atoms with E-state index in [-0.39, 0.29) is 22.1 Å². The first-order chi connectivity index (χ1) is 11.6. The van der Waals surface area contributed by atoms with Gasteiger partial charge in [-0.25, -0.2) is 0 Å². The summed E-state index contributed by atoms with van der Waals surface area (Å²) in [5.41, 5.74) is 1.99. The molecule has 2 aromatic heterocycles. The Morgan fingerprint density at radius 1 is 1.00 bits per heavy atom. The summed E-state index contributed by atoms with van der Waals surface area (Å²) in [4.78, 5) is 12.7. The van der Waals surface area contributed by atoms with Crippen molar-refractivity contribution in [2.24, 2.45) is 0 Å². The van der Waals surface area contributed by atoms with Gasteiger partial charge in [0, 0.05) is 32.8 Å². The van der Waals surface area contributed by atoms with Crippen LogP contribution in [-0.4, -0.2) is 4.73 Å². The summed E-state index contributed by atoms with van der Waals surface area (Å²) in [5, 5.41) is 15.0. The van der Waals surface area contributed by atoms with Crippen LogP contribution in [0, 0.1) is 10.1 Å². The van der Waals surface area contributed by atoms with Crippen LogP contribution in [0.4, 0.5) is 0 Å². The molecule has 0 atom stereocenters. The maximum Gasteiger partial charge on any atom is 0.290 e. The predicted octanol–water partition coefficient (Wildman–Crippen LogP) is 4.61. The number of nitrogens with zero attached hydrogens (tertiary/aromatic N) is 2. The van der Waals surface area contributed by atoms with Gasteiger partial charge in [0.15, 0.2) is 11.1 Å². The number of furan rings is 1. The van der Waals surface area contributed by atoms with Crippen LogP contribution in [-0.2, 0) is 0 Å². The Balaban J connectivity index is 2.13. The molecule has 2 heterocycles. The number of hydrogen-bond acceptors (Lipinski definition) is 3. The molecule has 5 aromatic rings. The highest BCUT2D eigenvalue weighted by molar-refractivity contribution is 6.31. The molecule has 0 aliphatic rings. The molecule has 0 spiro atoms. The van der Waals surface area contributed by atoms with Gasteiger partial charge in [-0.3, -0.25) is 0 Å². The highest BCUT2D eigenvalue weighted by Gasteiger charge is 2.20. The maximum atomic E-state index is 12.9. The molecule has 116 valence electrons. The highest BCUT2D eigenvalue weighted by atomic mass is 35.5. The Bertz CT molecular complexity index is 1350. The third-order valence-corrected chi connectivity index (χ3v) is 4.53. The lowest BCUT2D eigenvalue weighted by atomic mass is 10.1. The van der Waals surface area contributed by atoms with Gasteiger partial charge in [0.05, 0.1) is 4.43 Å². The fourth-order valence-corrected chi connectivity index (χ4v) is 3.37. The first-order valence-electron chi connectivity index (χ1n) is 7.33. The van der Waals surface area contributed by atoms with Crippen LogP contribution >= 0.6 is 11.6 Å². The highest BCUT2D eigenvalue weighted by Crippen LogP contribution is 2.33. The average Bonchev–Trinajstić information content (AvgIpc) is 2.97. The topological polar surface area (TPSA) is 64.1 Å². The molecule has 3 aromatic carbocycles. The lowest BCUT2D eigenvalue weighted by Crippen LogP contribution is -2.19. The van der Waals surface area contributed by atoms with Gasteiger partial charge >= 0.3 is 0 Å². The van der Waals surface area contributed by atoms with E-state index in [1.165, 1.54) is 6.07 Å². The second-order valence-electron chi connectivity index (χ2n) is 5.63. The van der Waals surface area contributed by atoms with Gasteiger partial charge in [-0.1, -0.05) is 29.8 Å². The van der Waals surface area contributed by atoms with Gasteiger partial charge in [-0.15, -0.1) is 0 Å². The zero-order valence-corrected chi connectivity index (χ0v) is 12.9. The first kappa shape index (κ1) is 13.4. The lowest BCUT2D eigenvalue weighted by molar-refractivity contribution is -0.432. The Hall–Kier alpha value is -3.05. The van der Waals surface area contributed by atoms with E-state index in [0.717, 1.165) is 19.9 Å². The number of hydrogen-bond donors (Lipinski definition) is 0. The van der Waals surface area contributed by atoms with Gasteiger partial charge in [0.1, 0.15) is 11.1 Å². The molecule has 5 rings (SSSR count). The number of rotatable bonds is 0. The van der Waals surface area contributed by atoms with Gasteiger partial charge < -0.3 is 14.4 Å². The summed E-state index contributed by atoms with van der Waals surface area (Å²) >= 11 is 5.99. The normalized spacial score (nSPS) is 11.9. The molecule has 0 fully saturated rings. The van der Waals surface area contributed by atoms with Crippen LogP contribution in [0.1, 0.15) is 0 Å². The molecule has 5 nitrogen and oxygen atoms in total. The minimum atomic E-state index is 0.202. The summed E-state index contributed by atoms with van der Waals surface area (Å²) in [6.45, 7) is 0. The lowest BCUT2D eigenvalue weighted by Gasteiger charge is -2.14. The van der Waals surface area contributed by atoms with Gasteiger partial charge in [0.2, 0.25) is 0 Å². The smallest absolute Gasteiger partial charge is 0.290 e. The molecular formula is C18H9ClN2O3. The molecular weight excluding hydrogens is 328 g/mol. The van der Waals surface area contributed by atoms with Gasteiger partial charge in [-0.2, -0.15) is 0 Å². The molecule has 24 heavy (non-hydrogen) atoms. The van der Waals surface area contributed by atoms with Crippen molar-refractivity contribution in [2.75, 3.05) is 0 Å². The molecule has 6 heteroatoms. The molecule has 0 aliphatic heterocycles. The Kier molecular flexibility index (Phi) is 2.51. The van der Waals surface area contributed by atoms with Crippen molar-refractivity contribution < 1.29 is 8.84 Å². The van der Waals surface area contributed by atoms with Crippen molar-refractivity contribution in [3.8, 4) is 0 Å². The van der Waals surface area contributed by atoms with Crippen LogP contribution in [0.15, 0.2) is 59.0 Å². The largest absolute Gasteiger partial charge is 0.805 e. The van der Waals surface area contributed by atoms with E-state index in [0.29, 0.717) is 16.2 Å². The van der Waals surface area contributed by atoms with E-state index < -0.39 is 0 Å². The van der Waals surface area contributed by atoms with Crippen molar-refractivity contribution in [2.45, 2.75) is 0 Å². The first-order valence-corrected chi connectivity index (χ1v) is 7.71. The monoisotopic (exact) mass is 336 g/mol. The van der Waals surface area contributed by atoms with Crippen molar-refractivity contribution >= 4 is 55.6 Å². The summed E-state index contributed by atoms with van der Waals surface area (Å²) in [6.07, 6.45) is 0. The third-order valence-electron chi connectivity index (χ3n) is 4.30. The predicted molar refractivity (Wildman–Crippen MR) is 93.9 cm³/mol. The summed E-state index contributed by atoms with van der Waals surface area (Å²) in [6, 6.07) is 15.6. The van der Waals surface area contributed by atoms with Crippen LogP contribution < -0.4 is 4.43 Å². The SMILES string of the molecule is O=[n+]1c2ccc(Cl)cc2n([O-])c2c3oc4ccccc4c3ccc21. The van der Waals surface area contributed by atoms with Gasteiger partial charge in [-0.05, 0) is 24.3 Å². The number of aromatic nitrogens is 2. The Morgan fingerprint density at radius 3 is 2.67 bits per heavy atom. The van der Waals surface area contributed by atoms with Crippen molar-refractivity contribution in [1.29, 1.82) is 0 Å². The molecule has 0 saturated carbocycles. The van der Waals surface area contributed by atoms with Crippen LogP contribution in [0.2, 0.25) is 5.02 Å². The summed E-state index contributed by atoms with van der Waals surface area (Å²) < 4.78 is 7.33. The number of halogens is 1. The number of benzene rings is 3. The van der Waals surface area contributed by atoms with E-state index in [9.17, 15) is 10.1 Å². The Morgan fingerprint density at radius 2 is 1.79 bits per heavy atom. The second kappa shape index (κ2) is 4.49. The minimum absolute atomic E-state index is 0.202. The molecule has 0 aliphatic carbocycles. The van der Waals surface area contributed by atoms with E-state index in [2.05, 4.69) is 0 Å². The summed E-state index contributed by atoms with van der Waals surface area (Å²) in [7, 11) is 0. The third kappa shape index (κ3) is 1.59. The van der Waals surface area contributed by atoms with E-state index in [4.69, 9.17) is 16.0 Å². The molecule has 0 bridgehead atoms. The average molecular weight is 337 g/mol. The van der Waals surface area contributed by atoms with E-state index in [1.54, 1.807) is 24.3 Å². The minimum Gasteiger partial charge on any atom is -0.805 e. The van der Waals surface area contributed by atoms with Crippen molar-refractivity contribution in [3.63, 3.8) is 0 Å². The zero-order valence-electron chi connectivity index (χ0n) is 12.2. The Labute approximate surface area is 139 Å². The van der Waals surface area contributed by atoms with Crippen LogP contribution in [0.25, 0.3) is 44.0 Å². The molecule has 0 N–H and O–H groups in total. The standard InChI is InChI=1S/C18H9ClN2O3/c19-10-5-7-13-15(9-10)21(23)17-14(20(13)22)8-6-12-11-3-1-2-4-16(11)24-18(12)17/h1-9H. The summed E-state index contributed by atoms with van der Waals surface area (Å²) in [5.74, 6) is 0. The molecule has 0 saturated heterocycles. The van der Waals surface area contributed by atoms with Crippen molar-refractivity contribution in [1.82, 2.24) is 4.73 Å². The second-order valence-corrected chi connectivity index (χ2v) is 6.07. The van der Waals surface area contributed by atoms with Gasteiger partial charge in [0.25, 0.3) is 11.0 Å².